The first-order valence-electron chi connectivity index (χ1n) is 20.6. The molecule has 0 radical (unpaired) electrons. The summed E-state index contributed by atoms with van der Waals surface area (Å²) in [6.45, 7) is 0. The SMILES string of the molecule is Fc1cc(F)c(N=C(c2ccc3c(c2)C2(c4ccccc4-c4ccccc42)c2ccccc2-3)c2ccc3c(c2)C2(c4ccccc4-c4ccccc42)c2ccccc2-3)c(F)c1. The molecule has 9 aromatic rings. The quantitative estimate of drug-likeness (QED) is 0.158. The Hall–Kier alpha value is -7.56. The van der Waals surface area contributed by atoms with E-state index in [0.717, 1.165) is 33.4 Å². The van der Waals surface area contributed by atoms with Crippen molar-refractivity contribution in [3.05, 3.63) is 267 Å². The van der Waals surface area contributed by atoms with Gasteiger partial charge in [0.2, 0.25) is 0 Å². The van der Waals surface area contributed by atoms with Crippen molar-refractivity contribution in [1.29, 1.82) is 0 Å². The number of aliphatic imine (C=N–C) groups is 1. The van der Waals surface area contributed by atoms with Crippen molar-refractivity contribution in [2.75, 3.05) is 0 Å². The summed E-state index contributed by atoms with van der Waals surface area (Å²) in [4.78, 5) is 4.90. The Balaban J connectivity index is 1.10. The van der Waals surface area contributed by atoms with Crippen LogP contribution in [0.25, 0.3) is 44.5 Å². The lowest BCUT2D eigenvalue weighted by atomic mass is 9.70. The maximum atomic E-state index is 15.9. The smallest absolute Gasteiger partial charge is 0.154 e. The Labute approximate surface area is 350 Å². The monoisotopic (exact) mass is 787 g/mol. The van der Waals surface area contributed by atoms with Crippen LogP contribution in [0.3, 0.4) is 0 Å². The van der Waals surface area contributed by atoms with Crippen LogP contribution < -0.4 is 0 Å². The molecule has 0 unspecified atom stereocenters. The molecular weight excluding hydrogens is 756 g/mol. The van der Waals surface area contributed by atoms with E-state index in [2.05, 4.69) is 170 Å². The summed E-state index contributed by atoms with van der Waals surface area (Å²) in [7, 11) is 0. The summed E-state index contributed by atoms with van der Waals surface area (Å²) < 4.78 is 46.2. The van der Waals surface area contributed by atoms with E-state index in [4.69, 9.17) is 4.99 Å². The summed E-state index contributed by atoms with van der Waals surface area (Å²) >= 11 is 0. The highest BCUT2D eigenvalue weighted by molar-refractivity contribution is 6.15. The number of halogens is 3. The molecule has 0 amide bonds. The highest BCUT2D eigenvalue weighted by atomic mass is 19.1. The van der Waals surface area contributed by atoms with E-state index in [1.165, 1.54) is 55.6 Å². The van der Waals surface area contributed by atoms with Gasteiger partial charge in [0.1, 0.15) is 11.5 Å². The minimum Gasteiger partial charge on any atom is -0.242 e. The van der Waals surface area contributed by atoms with Gasteiger partial charge in [-0.2, -0.15) is 0 Å². The predicted octanol–water partition coefficient (Wildman–Crippen LogP) is 14.0. The van der Waals surface area contributed by atoms with Gasteiger partial charge in [0.15, 0.2) is 11.6 Å². The number of hydrogen-bond acceptors (Lipinski definition) is 1. The molecule has 0 aliphatic heterocycles. The van der Waals surface area contributed by atoms with Gasteiger partial charge in [0, 0.05) is 23.3 Å². The minimum absolute atomic E-state index is 0.381. The molecule has 0 saturated heterocycles. The molecule has 13 rings (SSSR count). The van der Waals surface area contributed by atoms with Gasteiger partial charge in [-0.15, -0.1) is 0 Å². The van der Waals surface area contributed by atoms with Crippen LogP contribution in [-0.4, -0.2) is 5.71 Å². The Morgan fingerprint density at radius 1 is 0.311 bits per heavy atom. The average molecular weight is 788 g/mol. The van der Waals surface area contributed by atoms with Crippen LogP contribution >= 0.6 is 0 Å². The first-order chi connectivity index (χ1) is 30.0. The van der Waals surface area contributed by atoms with E-state index >= 15 is 8.78 Å². The van der Waals surface area contributed by atoms with Crippen LogP contribution in [0.5, 0.6) is 0 Å². The first-order valence-corrected chi connectivity index (χ1v) is 20.6. The fraction of sp³-hybridized carbons (Fsp3) is 0.0351. The van der Waals surface area contributed by atoms with Crippen molar-refractivity contribution < 1.29 is 13.2 Å². The molecule has 0 fully saturated rings. The van der Waals surface area contributed by atoms with Gasteiger partial charge in [0.05, 0.1) is 16.5 Å². The van der Waals surface area contributed by atoms with Crippen LogP contribution in [0.15, 0.2) is 199 Å². The fourth-order valence-corrected chi connectivity index (χ4v) is 11.5. The molecule has 0 atom stereocenters. The topological polar surface area (TPSA) is 12.4 Å². The van der Waals surface area contributed by atoms with E-state index in [1.807, 2.05) is 12.1 Å². The number of rotatable bonds is 3. The maximum Gasteiger partial charge on any atom is 0.154 e. The molecule has 0 heterocycles. The second kappa shape index (κ2) is 12.2. The third kappa shape index (κ3) is 4.29. The van der Waals surface area contributed by atoms with Crippen molar-refractivity contribution in [1.82, 2.24) is 0 Å². The van der Waals surface area contributed by atoms with Crippen molar-refractivity contribution >= 4 is 11.4 Å². The average Bonchev–Trinajstić information content (AvgIpc) is 3.97. The number of nitrogens with zero attached hydrogens (tertiary/aromatic N) is 1. The summed E-state index contributed by atoms with van der Waals surface area (Å²) in [5.74, 6) is -3.13. The Morgan fingerprint density at radius 3 is 0.902 bits per heavy atom. The highest BCUT2D eigenvalue weighted by Crippen LogP contribution is 2.64. The van der Waals surface area contributed by atoms with Crippen molar-refractivity contribution in [3.63, 3.8) is 0 Å². The van der Waals surface area contributed by atoms with Gasteiger partial charge in [-0.25, -0.2) is 18.2 Å². The largest absolute Gasteiger partial charge is 0.242 e. The second-order valence-corrected chi connectivity index (χ2v) is 16.5. The van der Waals surface area contributed by atoms with E-state index in [1.54, 1.807) is 0 Å². The molecule has 61 heavy (non-hydrogen) atoms. The lowest BCUT2D eigenvalue weighted by Crippen LogP contribution is -2.26. The van der Waals surface area contributed by atoms with E-state index in [-0.39, 0.29) is 0 Å². The molecule has 0 saturated carbocycles. The summed E-state index contributed by atoms with van der Waals surface area (Å²) in [5.41, 5.74) is 18.3. The lowest BCUT2D eigenvalue weighted by molar-refractivity contribution is 0.546. The second-order valence-electron chi connectivity index (χ2n) is 16.5. The maximum absolute atomic E-state index is 15.9. The summed E-state index contributed by atoms with van der Waals surface area (Å²) in [6, 6.07) is 65.6. The van der Waals surface area contributed by atoms with Crippen molar-refractivity contribution in [2.24, 2.45) is 4.99 Å². The van der Waals surface area contributed by atoms with Gasteiger partial charge in [-0.1, -0.05) is 170 Å². The summed E-state index contributed by atoms with van der Waals surface area (Å²) in [5, 5.41) is 0. The fourth-order valence-electron chi connectivity index (χ4n) is 11.5. The molecule has 4 heteroatoms. The zero-order valence-corrected chi connectivity index (χ0v) is 32.6. The molecule has 286 valence electrons. The van der Waals surface area contributed by atoms with Gasteiger partial charge in [0.25, 0.3) is 0 Å². The number of hydrogen-bond donors (Lipinski definition) is 0. The minimum atomic E-state index is -1.07. The van der Waals surface area contributed by atoms with Gasteiger partial charge in [-0.3, -0.25) is 0 Å². The van der Waals surface area contributed by atoms with Gasteiger partial charge < -0.3 is 0 Å². The predicted molar refractivity (Wildman–Crippen MR) is 237 cm³/mol. The van der Waals surface area contributed by atoms with E-state index < -0.39 is 34.0 Å². The van der Waals surface area contributed by atoms with Crippen molar-refractivity contribution in [3.8, 4) is 44.5 Å². The van der Waals surface area contributed by atoms with E-state index in [0.29, 0.717) is 29.0 Å². The number of fused-ring (bicyclic) bond motifs is 20. The normalized spacial score (nSPS) is 14.4. The Kier molecular flexibility index (Phi) is 6.89. The molecule has 2 spiro atoms. The molecule has 9 aromatic carbocycles. The standard InChI is InChI=1S/C57H32F3N/c58-35-31-52(59)55(53(60)32-35)61-54(33-25-27-42-40-17-5-11-23-48(40)56(50(42)29-33)44-19-7-1-13-36(44)37-14-2-8-20-45(37)56)34-26-28-43-41-18-6-12-24-49(41)57(51(43)30-34)46-21-9-3-15-38(46)39-16-4-10-22-47(39)57/h1-32H. The number of benzene rings is 9. The third-order valence-corrected chi connectivity index (χ3v) is 13.7. The Morgan fingerprint density at radius 2 is 0.590 bits per heavy atom. The molecule has 4 aliphatic rings. The van der Waals surface area contributed by atoms with Crippen molar-refractivity contribution in [2.45, 2.75) is 10.8 Å². The molecular formula is C57H32F3N. The Bertz CT molecular complexity index is 3080. The van der Waals surface area contributed by atoms with Crippen LogP contribution in [0, 0.1) is 17.5 Å². The van der Waals surface area contributed by atoms with Crippen LogP contribution in [-0.2, 0) is 10.8 Å². The zero-order chi connectivity index (χ0) is 40.6. The molecule has 0 N–H and O–H groups in total. The summed E-state index contributed by atoms with van der Waals surface area (Å²) in [6.07, 6.45) is 0. The third-order valence-electron chi connectivity index (χ3n) is 13.7. The van der Waals surface area contributed by atoms with Crippen LogP contribution in [0.2, 0.25) is 0 Å². The molecule has 1 nitrogen and oxygen atoms in total. The highest BCUT2D eigenvalue weighted by Gasteiger charge is 2.53. The molecule has 0 aromatic heterocycles. The van der Waals surface area contributed by atoms with Crippen LogP contribution in [0.4, 0.5) is 18.9 Å². The first kappa shape index (κ1) is 34.3. The van der Waals surface area contributed by atoms with E-state index in [9.17, 15) is 4.39 Å². The zero-order valence-electron chi connectivity index (χ0n) is 32.6. The molecule has 0 bridgehead atoms. The van der Waals surface area contributed by atoms with Gasteiger partial charge in [-0.05, 0) is 101 Å². The molecule has 4 aliphatic carbocycles. The van der Waals surface area contributed by atoms with Crippen LogP contribution in [0.1, 0.15) is 55.6 Å². The lowest BCUT2D eigenvalue weighted by Gasteiger charge is -2.31. The van der Waals surface area contributed by atoms with Gasteiger partial charge >= 0.3 is 0 Å².